The summed E-state index contributed by atoms with van der Waals surface area (Å²) in [7, 11) is 1.27. The third-order valence-electron chi connectivity index (χ3n) is 4.30. The van der Waals surface area contributed by atoms with Crippen molar-refractivity contribution in [1.82, 2.24) is 4.98 Å². The molecule has 4 heteroatoms. The predicted octanol–water partition coefficient (Wildman–Crippen LogP) is 3.68. The molecule has 1 heterocycles. The van der Waals surface area contributed by atoms with E-state index in [9.17, 15) is 9.90 Å². The lowest BCUT2D eigenvalue weighted by Gasteiger charge is -2.21. The number of esters is 1. The number of rotatable bonds is 4. The van der Waals surface area contributed by atoms with Crippen LogP contribution in [0.5, 0.6) is 0 Å². The summed E-state index contributed by atoms with van der Waals surface area (Å²) >= 11 is 0. The van der Waals surface area contributed by atoms with E-state index < -0.39 is 11.6 Å². The Labute approximate surface area is 147 Å². The van der Waals surface area contributed by atoms with Crippen molar-refractivity contribution in [1.29, 1.82) is 0 Å². The summed E-state index contributed by atoms with van der Waals surface area (Å²) in [4.78, 5) is 16.6. The molecule has 1 unspecified atom stereocenters. The number of ether oxygens (including phenoxy) is 1. The molecule has 0 aliphatic carbocycles. The Bertz CT molecular complexity index is 914. The van der Waals surface area contributed by atoms with Crippen molar-refractivity contribution < 1.29 is 14.6 Å². The molecule has 0 radical (unpaired) electrons. The summed E-state index contributed by atoms with van der Waals surface area (Å²) in [5.41, 5.74) is 2.03. The van der Waals surface area contributed by atoms with Gasteiger partial charge in [0.05, 0.1) is 18.5 Å². The van der Waals surface area contributed by atoms with E-state index in [0.717, 1.165) is 22.0 Å². The molecule has 0 bridgehead atoms. The number of aliphatic hydroxyl groups is 1. The molecule has 0 aliphatic rings. The molecule has 0 fully saturated rings. The second kappa shape index (κ2) is 6.65. The van der Waals surface area contributed by atoms with Crippen LogP contribution in [-0.2, 0) is 16.0 Å². The fourth-order valence-corrected chi connectivity index (χ4v) is 2.90. The van der Waals surface area contributed by atoms with Gasteiger partial charge in [0.25, 0.3) is 0 Å². The fourth-order valence-electron chi connectivity index (χ4n) is 2.90. The summed E-state index contributed by atoms with van der Waals surface area (Å²) in [6.07, 6.45) is 0.0832. The molecule has 0 spiro atoms. The van der Waals surface area contributed by atoms with Gasteiger partial charge in [0.15, 0.2) is 5.60 Å². The van der Waals surface area contributed by atoms with Crippen LogP contribution in [0.4, 0.5) is 0 Å². The monoisotopic (exact) mass is 335 g/mol. The summed E-state index contributed by atoms with van der Waals surface area (Å²) in [5, 5.41) is 12.4. The van der Waals surface area contributed by atoms with Crippen LogP contribution in [-0.4, -0.2) is 28.8 Å². The van der Waals surface area contributed by atoms with Crippen molar-refractivity contribution in [2.75, 3.05) is 7.11 Å². The van der Waals surface area contributed by atoms with Gasteiger partial charge in [-0.25, -0.2) is 4.79 Å². The minimum atomic E-state index is -1.63. The number of methoxy groups -OCH3 is 1. The normalized spacial score (nSPS) is 13.4. The largest absolute Gasteiger partial charge is 0.467 e. The average Bonchev–Trinajstić information content (AvgIpc) is 2.61. The van der Waals surface area contributed by atoms with Gasteiger partial charge in [0.2, 0.25) is 0 Å². The molecular weight excluding hydrogens is 314 g/mol. The first-order valence-electron chi connectivity index (χ1n) is 8.17. The molecule has 0 amide bonds. The summed E-state index contributed by atoms with van der Waals surface area (Å²) in [6, 6.07) is 18.0. The third kappa shape index (κ3) is 3.54. The highest BCUT2D eigenvalue weighted by molar-refractivity contribution is 5.89. The number of carbonyl (C=O) groups excluding carboxylic acids is 1. The molecule has 25 heavy (non-hydrogen) atoms. The van der Waals surface area contributed by atoms with E-state index in [-0.39, 0.29) is 6.42 Å². The number of pyridine rings is 1. The Morgan fingerprint density at radius 2 is 1.84 bits per heavy atom. The molecule has 1 atom stereocenters. The second-order valence-electron chi connectivity index (χ2n) is 6.48. The van der Waals surface area contributed by atoms with E-state index >= 15 is 0 Å². The predicted molar refractivity (Wildman–Crippen MR) is 98.3 cm³/mol. The number of carbonyl (C=O) groups is 1. The van der Waals surface area contributed by atoms with Crippen LogP contribution in [0.1, 0.15) is 18.2 Å². The molecule has 1 N–H and O–H groups in total. The van der Waals surface area contributed by atoms with Crippen LogP contribution in [0.25, 0.3) is 22.0 Å². The van der Waals surface area contributed by atoms with Gasteiger partial charge >= 0.3 is 5.97 Å². The Morgan fingerprint density at radius 1 is 1.16 bits per heavy atom. The average molecular weight is 335 g/mol. The minimum Gasteiger partial charge on any atom is -0.467 e. The van der Waals surface area contributed by atoms with E-state index in [1.165, 1.54) is 19.6 Å². The number of nitrogens with zero attached hydrogens (tertiary/aromatic N) is 1. The van der Waals surface area contributed by atoms with Crippen molar-refractivity contribution in [3.8, 4) is 11.3 Å². The molecule has 4 nitrogen and oxygen atoms in total. The maximum atomic E-state index is 11.9. The first kappa shape index (κ1) is 17.1. The maximum Gasteiger partial charge on any atom is 0.337 e. The number of hydrogen-bond donors (Lipinski definition) is 1. The van der Waals surface area contributed by atoms with Crippen LogP contribution in [0.15, 0.2) is 54.6 Å². The minimum absolute atomic E-state index is 0.0832. The molecule has 1 aromatic heterocycles. The van der Waals surface area contributed by atoms with Crippen LogP contribution in [0, 0.1) is 6.92 Å². The van der Waals surface area contributed by atoms with Gasteiger partial charge in [-0.2, -0.15) is 0 Å². The smallest absolute Gasteiger partial charge is 0.337 e. The van der Waals surface area contributed by atoms with Crippen molar-refractivity contribution in [2.24, 2.45) is 0 Å². The number of benzene rings is 2. The quantitative estimate of drug-likeness (QED) is 0.739. The van der Waals surface area contributed by atoms with Gasteiger partial charge in [0, 0.05) is 17.4 Å². The van der Waals surface area contributed by atoms with E-state index in [1.807, 2.05) is 61.5 Å². The lowest BCUT2D eigenvalue weighted by Crippen LogP contribution is -2.38. The van der Waals surface area contributed by atoms with Gasteiger partial charge in [-0.15, -0.1) is 0 Å². The first-order valence-corrected chi connectivity index (χ1v) is 8.17. The molecular formula is C21H21NO3. The van der Waals surface area contributed by atoms with E-state index in [0.29, 0.717) is 5.69 Å². The topological polar surface area (TPSA) is 59.4 Å². The second-order valence-corrected chi connectivity index (χ2v) is 6.48. The standard InChI is InChI=1S/C21H21NO3/c1-14-8-10-15(11-9-14)18-12-16-6-4-5-7-17(16)19(22-18)13-21(2,24)20(23)25-3/h4-12,24H,13H2,1-3H3. The molecule has 0 saturated carbocycles. The maximum absolute atomic E-state index is 11.9. The van der Waals surface area contributed by atoms with E-state index in [4.69, 9.17) is 9.72 Å². The lowest BCUT2D eigenvalue weighted by molar-refractivity contribution is -0.160. The molecule has 0 saturated heterocycles. The molecule has 128 valence electrons. The van der Waals surface area contributed by atoms with Crippen molar-refractivity contribution >= 4 is 16.7 Å². The van der Waals surface area contributed by atoms with E-state index in [2.05, 4.69) is 0 Å². The van der Waals surface area contributed by atoms with Gasteiger partial charge in [0.1, 0.15) is 0 Å². The van der Waals surface area contributed by atoms with Crippen LogP contribution < -0.4 is 0 Å². The highest BCUT2D eigenvalue weighted by Crippen LogP contribution is 2.27. The van der Waals surface area contributed by atoms with Gasteiger partial charge in [-0.3, -0.25) is 4.98 Å². The van der Waals surface area contributed by atoms with Gasteiger partial charge in [-0.05, 0) is 25.3 Å². The number of fused-ring (bicyclic) bond motifs is 1. The number of aryl methyl sites for hydroxylation is 1. The summed E-state index contributed by atoms with van der Waals surface area (Å²) < 4.78 is 4.71. The molecule has 2 aromatic carbocycles. The zero-order valence-corrected chi connectivity index (χ0v) is 14.6. The highest BCUT2D eigenvalue weighted by atomic mass is 16.5. The van der Waals surface area contributed by atoms with Crippen LogP contribution in [0.2, 0.25) is 0 Å². The first-order chi connectivity index (χ1) is 11.9. The number of hydrogen-bond acceptors (Lipinski definition) is 4. The third-order valence-corrected chi connectivity index (χ3v) is 4.30. The fraction of sp³-hybridized carbons (Fsp3) is 0.238. The Morgan fingerprint density at radius 3 is 2.52 bits per heavy atom. The van der Waals surface area contributed by atoms with Gasteiger partial charge < -0.3 is 9.84 Å². The molecule has 0 aliphatic heterocycles. The number of aromatic nitrogens is 1. The van der Waals surface area contributed by atoms with Crippen molar-refractivity contribution in [2.45, 2.75) is 25.9 Å². The van der Waals surface area contributed by atoms with Crippen molar-refractivity contribution in [3.05, 3.63) is 65.9 Å². The Hall–Kier alpha value is -2.72. The van der Waals surface area contributed by atoms with E-state index in [1.54, 1.807) is 0 Å². The zero-order valence-electron chi connectivity index (χ0n) is 14.6. The lowest BCUT2D eigenvalue weighted by atomic mass is 9.95. The summed E-state index contributed by atoms with van der Waals surface area (Å²) in [6.45, 7) is 3.49. The van der Waals surface area contributed by atoms with Crippen LogP contribution in [0.3, 0.4) is 0 Å². The van der Waals surface area contributed by atoms with Gasteiger partial charge in [-0.1, -0.05) is 54.1 Å². The van der Waals surface area contributed by atoms with Crippen molar-refractivity contribution in [3.63, 3.8) is 0 Å². The summed E-state index contributed by atoms with van der Waals surface area (Å²) in [5.74, 6) is -0.667. The SMILES string of the molecule is COC(=O)C(C)(O)Cc1nc(-c2ccc(C)cc2)cc2ccccc12. The molecule has 3 aromatic rings. The Kier molecular flexibility index (Phi) is 4.55. The highest BCUT2D eigenvalue weighted by Gasteiger charge is 2.33. The zero-order chi connectivity index (χ0) is 18.0. The Balaban J connectivity index is 2.13. The molecule has 3 rings (SSSR count). The van der Waals surface area contributed by atoms with Crippen LogP contribution >= 0.6 is 0 Å².